The summed E-state index contributed by atoms with van der Waals surface area (Å²) in [5.41, 5.74) is 1.45. The van der Waals surface area contributed by atoms with Gasteiger partial charge in [-0.05, 0) is 49.7 Å². The van der Waals surface area contributed by atoms with E-state index < -0.39 is 34.4 Å². The third kappa shape index (κ3) is 6.61. The fourth-order valence-corrected chi connectivity index (χ4v) is 6.18. The normalized spacial score (nSPS) is 12.1. The van der Waals surface area contributed by atoms with Gasteiger partial charge >= 0.3 is 0 Å². The number of amides is 2. The van der Waals surface area contributed by atoms with Crippen LogP contribution in [-0.2, 0) is 26.2 Å². The zero-order valence-corrected chi connectivity index (χ0v) is 24.2. The van der Waals surface area contributed by atoms with Crippen LogP contribution in [0.3, 0.4) is 0 Å². The van der Waals surface area contributed by atoms with Crippen molar-refractivity contribution < 1.29 is 18.0 Å². The van der Waals surface area contributed by atoms with E-state index in [0.717, 1.165) is 9.87 Å². The molecule has 0 heterocycles. The van der Waals surface area contributed by atoms with E-state index in [0.29, 0.717) is 15.6 Å². The van der Waals surface area contributed by atoms with E-state index in [1.54, 1.807) is 55.5 Å². The zero-order chi connectivity index (χ0) is 28.0. The molecule has 0 saturated heterocycles. The number of carbonyl (C=O) groups excluding carboxylic acids is 2. The molecule has 11 heteroatoms. The first-order valence-electron chi connectivity index (χ1n) is 11.8. The summed E-state index contributed by atoms with van der Waals surface area (Å²) in [5, 5.41) is 3.35. The average Bonchev–Trinajstić information content (AvgIpc) is 2.89. The molecule has 0 aliphatic carbocycles. The topological polar surface area (TPSA) is 86.8 Å². The fourth-order valence-electron chi connectivity index (χ4n) is 3.94. The van der Waals surface area contributed by atoms with Crippen molar-refractivity contribution >= 4 is 62.3 Å². The van der Waals surface area contributed by atoms with Gasteiger partial charge in [0.1, 0.15) is 12.6 Å². The predicted octanol–water partition coefficient (Wildman–Crippen LogP) is 5.70. The molecule has 0 aromatic heterocycles. The minimum absolute atomic E-state index is 0.00476. The Balaban J connectivity index is 2.11. The molecule has 0 bridgehead atoms. The lowest BCUT2D eigenvalue weighted by atomic mass is 10.1. The Morgan fingerprint density at radius 3 is 2.03 bits per heavy atom. The minimum atomic E-state index is -4.22. The number of hydrogen-bond acceptors (Lipinski definition) is 4. The molecular weight excluding hydrogens is 569 g/mol. The molecule has 7 nitrogen and oxygen atoms in total. The SMILES string of the molecule is CC[C@H](C(=O)NC)N(Cc1c(Cl)cccc1Cl)C(=O)CN(c1ccccc1Cl)S(=O)(=O)c1ccc(C)cc1. The molecule has 0 fully saturated rings. The van der Waals surface area contributed by atoms with Crippen LogP contribution in [0, 0.1) is 6.92 Å². The van der Waals surface area contributed by atoms with Gasteiger partial charge in [-0.15, -0.1) is 0 Å². The van der Waals surface area contributed by atoms with E-state index in [2.05, 4.69) is 5.32 Å². The van der Waals surface area contributed by atoms with E-state index in [1.165, 1.54) is 30.1 Å². The highest BCUT2D eigenvalue weighted by atomic mass is 35.5. The third-order valence-electron chi connectivity index (χ3n) is 6.03. The summed E-state index contributed by atoms with van der Waals surface area (Å²) in [6.45, 7) is 2.87. The number of hydrogen-bond donors (Lipinski definition) is 1. The van der Waals surface area contributed by atoms with Gasteiger partial charge in [0.2, 0.25) is 11.8 Å². The highest BCUT2D eigenvalue weighted by Gasteiger charge is 2.34. The van der Waals surface area contributed by atoms with Crippen LogP contribution in [0.2, 0.25) is 15.1 Å². The van der Waals surface area contributed by atoms with Gasteiger partial charge in [-0.1, -0.05) is 77.6 Å². The molecule has 3 rings (SSSR count). The van der Waals surface area contributed by atoms with Crippen LogP contribution in [0.15, 0.2) is 71.6 Å². The first-order chi connectivity index (χ1) is 18.0. The second kappa shape index (κ2) is 12.8. The first-order valence-corrected chi connectivity index (χ1v) is 14.4. The molecule has 0 unspecified atom stereocenters. The van der Waals surface area contributed by atoms with Crippen LogP contribution in [-0.4, -0.2) is 44.8 Å². The van der Waals surface area contributed by atoms with Gasteiger partial charge in [0.05, 0.1) is 15.6 Å². The molecule has 1 atom stereocenters. The first kappa shape index (κ1) is 29.8. The van der Waals surface area contributed by atoms with Crippen LogP contribution in [0.4, 0.5) is 5.69 Å². The number of nitrogens with one attached hydrogen (secondary N) is 1. The molecule has 3 aromatic rings. The van der Waals surface area contributed by atoms with Crippen molar-refractivity contribution in [2.24, 2.45) is 0 Å². The lowest BCUT2D eigenvalue weighted by Gasteiger charge is -2.33. The number of para-hydroxylation sites is 1. The van der Waals surface area contributed by atoms with Gasteiger partial charge in [-0.3, -0.25) is 13.9 Å². The number of carbonyl (C=O) groups is 2. The predicted molar refractivity (Wildman–Crippen MR) is 152 cm³/mol. The van der Waals surface area contributed by atoms with Crippen molar-refractivity contribution in [3.05, 3.63) is 92.9 Å². The number of anilines is 1. The zero-order valence-electron chi connectivity index (χ0n) is 21.1. The van der Waals surface area contributed by atoms with Crippen LogP contribution >= 0.6 is 34.8 Å². The Morgan fingerprint density at radius 1 is 0.895 bits per heavy atom. The van der Waals surface area contributed by atoms with Crippen LogP contribution in [0.5, 0.6) is 0 Å². The molecule has 0 aliphatic heterocycles. The number of benzene rings is 3. The maximum atomic E-state index is 13.9. The van der Waals surface area contributed by atoms with Crippen LogP contribution in [0.25, 0.3) is 0 Å². The number of halogens is 3. The minimum Gasteiger partial charge on any atom is -0.357 e. The van der Waals surface area contributed by atoms with Crippen molar-refractivity contribution in [2.45, 2.75) is 37.8 Å². The number of rotatable bonds is 10. The molecule has 0 saturated carbocycles. The quantitative estimate of drug-likeness (QED) is 0.325. The number of likely N-dealkylation sites (N-methyl/N-ethyl adjacent to an activating group) is 1. The molecule has 0 aliphatic rings. The summed E-state index contributed by atoms with van der Waals surface area (Å²) < 4.78 is 28.6. The summed E-state index contributed by atoms with van der Waals surface area (Å²) in [5.74, 6) is -1.04. The van der Waals surface area contributed by atoms with Crippen LogP contribution < -0.4 is 9.62 Å². The second-order valence-electron chi connectivity index (χ2n) is 8.54. The smallest absolute Gasteiger partial charge is 0.264 e. The van der Waals surface area contributed by atoms with Crippen molar-refractivity contribution in [1.82, 2.24) is 10.2 Å². The van der Waals surface area contributed by atoms with E-state index >= 15 is 0 Å². The summed E-state index contributed by atoms with van der Waals surface area (Å²) in [6.07, 6.45) is 0.268. The van der Waals surface area contributed by atoms with Crippen molar-refractivity contribution in [3.63, 3.8) is 0 Å². The lowest BCUT2D eigenvalue weighted by molar-refractivity contribution is -0.140. The standard InChI is InChI=1S/C27H28Cl3N3O4S/c1-4-24(27(35)31-3)32(16-20-21(28)9-7-10-22(20)29)26(34)17-33(25-11-6-5-8-23(25)30)38(36,37)19-14-12-18(2)13-15-19/h5-15,24H,4,16-17H2,1-3H3,(H,31,35)/t24-/m1/s1. The third-order valence-corrected chi connectivity index (χ3v) is 8.83. The highest BCUT2D eigenvalue weighted by Crippen LogP contribution is 2.32. The number of nitrogens with zero attached hydrogens (tertiary/aromatic N) is 2. The Bertz CT molecular complexity index is 1400. The van der Waals surface area contributed by atoms with Gasteiger partial charge in [-0.25, -0.2) is 8.42 Å². The average molecular weight is 597 g/mol. The monoisotopic (exact) mass is 595 g/mol. The van der Waals surface area contributed by atoms with Gasteiger partial charge in [0.25, 0.3) is 10.0 Å². The summed E-state index contributed by atoms with van der Waals surface area (Å²) in [7, 11) is -2.75. The summed E-state index contributed by atoms with van der Waals surface area (Å²) >= 11 is 19.2. The summed E-state index contributed by atoms with van der Waals surface area (Å²) in [4.78, 5) is 28.0. The van der Waals surface area contributed by atoms with Crippen molar-refractivity contribution in [3.8, 4) is 0 Å². The largest absolute Gasteiger partial charge is 0.357 e. The molecule has 0 radical (unpaired) electrons. The molecule has 2 amide bonds. The molecule has 38 heavy (non-hydrogen) atoms. The maximum absolute atomic E-state index is 13.9. The van der Waals surface area contributed by atoms with Crippen LogP contribution in [0.1, 0.15) is 24.5 Å². The molecule has 1 N–H and O–H groups in total. The fraction of sp³-hybridized carbons (Fsp3) is 0.259. The van der Waals surface area contributed by atoms with Crippen molar-refractivity contribution in [1.29, 1.82) is 0 Å². The number of aryl methyl sites for hydroxylation is 1. The molecule has 3 aromatic carbocycles. The van der Waals surface area contributed by atoms with E-state index in [4.69, 9.17) is 34.8 Å². The Morgan fingerprint density at radius 2 is 1.47 bits per heavy atom. The Hall–Kier alpha value is -2.78. The summed E-state index contributed by atoms with van der Waals surface area (Å²) in [6, 6.07) is 16.7. The molecule has 202 valence electrons. The van der Waals surface area contributed by atoms with Crippen molar-refractivity contribution in [2.75, 3.05) is 17.9 Å². The maximum Gasteiger partial charge on any atom is 0.264 e. The Labute approximate surface area is 238 Å². The highest BCUT2D eigenvalue weighted by molar-refractivity contribution is 7.92. The van der Waals surface area contributed by atoms with Gasteiger partial charge < -0.3 is 10.2 Å². The van der Waals surface area contributed by atoms with E-state index in [-0.39, 0.29) is 28.6 Å². The van der Waals surface area contributed by atoms with E-state index in [9.17, 15) is 18.0 Å². The second-order valence-corrected chi connectivity index (χ2v) is 11.6. The van der Waals surface area contributed by atoms with Gasteiger partial charge in [0.15, 0.2) is 0 Å². The number of sulfonamides is 1. The molecule has 0 spiro atoms. The lowest BCUT2D eigenvalue weighted by Crippen LogP contribution is -2.51. The van der Waals surface area contributed by atoms with Gasteiger partial charge in [0, 0.05) is 29.2 Å². The van der Waals surface area contributed by atoms with Gasteiger partial charge in [-0.2, -0.15) is 0 Å². The molecular formula is C27H28Cl3N3O4S. The van der Waals surface area contributed by atoms with E-state index in [1.807, 2.05) is 6.92 Å². The Kier molecular flexibility index (Phi) is 10.1.